The van der Waals surface area contributed by atoms with Gasteiger partial charge in [0.15, 0.2) is 0 Å². The molecular weight excluding hydrogens is 488 g/mol. The number of hydrogen-bond donors (Lipinski definition) is 3. The lowest BCUT2D eigenvalue weighted by atomic mass is 9.62. The number of carbonyl (C=O) groups excluding carboxylic acids is 1. The number of carbonyl (C=O) groups is 1. The highest BCUT2D eigenvalue weighted by Gasteiger charge is 2.42. The first-order valence-electron chi connectivity index (χ1n) is 13.4. The average Bonchev–Trinajstić information content (AvgIpc) is 3.36. The van der Waals surface area contributed by atoms with Crippen LogP contribution in [-0.2, 0) is 6.61 Å². The number of nitrogens with zero attached hydrogens (tertiary/aromatic N) is 1. The van der Waals surface area contributed by atoms with Gasteiger partial charge in [-0.3, -0.25) is 9.59 Å². The van der Waals surface area contributed by atoms with Gasteiger partial charge < -0.3 is 15.0 Å². The topological polar surface area (TPSA) is 99.9 Å². The number of fused-ring (bicyclic) bond motifs is 2. The summed E-state index contributed by atoms with van der Waals surface area (Å²) in [6, 6.07) is 25.5. The van der Waals surface area contributed by atoms with Crippen LogP contribution >= 0.6 is 0 Å². The summed E-state index contributed by atoms with van der Waals surface area (Å²) in [6.07, 6.45) is 2.74. The SMILES string of the molecule is C[C@@H](C[C@]1(C)C[C@@H](NC(=O)c2cc3cc(OCc4ccccc4)ccc3[nH]2)C1)c1n[nH]c(=O)c2ccccc12. The van der Waals surface area contributed by atoms with Crippen molar-refractivity contribution in [3.8, 4) is 5.75 Å². The summed E-state index contributed by atoms with van der Waals surface area (Å²) in [5, 5.41) is 12.8. The number of rotatable bonds is 8. The quantitative estimate of drug-likeness (QED) is 0.231. The van der Waals surface area contributed by atoms with Gasteiger partial charge in [0.25, 0.3) is 11.5 Å². The number of aromatic amines is 2. The van der Waals surface area contributed by atoms with E-state index in [0.717, 1.165) is 52.6 Å². The highest BCUT2D eigenvalue weighted by Crippen LogP contribution is 2.47. The summed E-state index contributed by atoms with van der Waals surface area (Å²) >= 11 is 0. The van der Waals surface area contributed by atoms with Crippen LogP contribution in [0.2, 0.25) is 0 Å². The molecule has 2 aromatic heterocycles. The van der Waals surface area contributed by atoms with E-state index in [9.17, 15) is 9.59 Å². The van der Waals surface area contributed by atoms with Crippen molar-refractivity contribution >= 4 is 27.6 Å². The largest absolute Gasteiger partial charge is 0.489 e. The maximum Gasteiger partial charge on any atom is 0.272 e. The van der Waals surface area contributed by atoms with E-state index in [2.05, 4.69) is 34.3 Å². The van der Waals surface area contributed by atoms with E-state index < -0.39 is 0 Å². The Balaban J connectivity index is 1.06. The van der Waals surface area contributed by atoms with Crippen LogP contribution in [0, 0.1) is 5.41 Å². The van der Waals surface area contributed by atoms with E-state index in [1.807, 2.05) is 78.9 Å². The van der Waals surface area contributed by atoms with Gasteiger partial charge in [-0.2, -0.15) is 5.10 Å². The van der Waals surface area contributed by atoms with Gasteiger partial charge in [0.05, 0.1) is 11.1 Å². The summed E-state index contributed by atoms with van der Waals surface area (Å²) < 4.78 is 5.94. The molecule has 0 radical (unpaired) electrons. The van der Waals surface area contributed by atoms with Gasteiger partial charge in [-0.05, 0) is 60.6 Å². The van der Waals surface area contributed by atoms with Crippen LogP contribution in [0.4, 0.5) is 0 Å². The number of nitrogens with one attached hydrogen (secondary N) is 3. The molecule has 5 aromatic rings. The molecule has 0 unspecified atom stereocenters. The standard InChI is InChI=1S/C32H32N4O3/c1-20(29-25-10-6-7-11-26(25)30(37)36-35-29)16-32(2)17-23(18-32)33-31(38)28-15-22-14-24(12-13-27(22)34-28)39-19-21-8-4-3-5-9-21/h3-15,20,23,34H,16-19H2,1-2H3,(H,33,38)(H,36,37)/t20-,23-,32-/m0/s1. The van der Waals surface area contributed by atoms with E-state index in [1.165, 1.54) is 0 Å². The zero-order valence-electron chi connectivity index (χ0n) is 22.2. The fourth-order valence-corrected chi connectivity index (χ4v) is 6.07. The zero-order chi connectivity index (χ0) is 27.0. The molecule has 1 aliphatic carbocycles. The Morgan fingerprint density at radius 1 is 1.05 bits per heavy atom. The Hall–Kier alpha value is -4.39. The summed E-state index contributed by atoms with van der Waals surface area (Å²) in [5.41, 5.74) is 3.42. The van der Waals surface area contributed by atoms with Crippen molar-refractivity contribution in [1.82, 2.24) is 20.5 Å². The molecule has 7 heteroatoms. The van der Waals surface area contributed by atoms with Crippen molar-refractivity contribution < 1.29 is 9.53 Å². The summed E-state index contributed by atoms with van der Waals surface area (Å²) in [7, 11) is 0. The molecule has 0 spiro atoms. The monoisotopic (exact) mass is 520 g/mol. The minimum atomic E-state index is -0.160. The molecule has 1 fully saturated rings. The van der Waals surface area contributed by atoms with Gasteiger partial charge in [0.1, 0.15) is 18.1 Å². The Bertz CT molecular complexity index is 1700. The van der Waals surface area contributed by atoms with Crippen molar-refractivity contribution in [2.45, 2.75) is 51.7 Å². The second kappa shape index (κ2) is 10.1. The normalized spacial score (nSPS) is 19.5. The number of ether oxygens (including phenoxy) is 1. The Kier molecular flexibility index (Phi) is 6.43. The van der Waals surface area contributed by atoms with Crippen molar-refractivity contribution in [3.63, 3.8) is 0 Å². The molecule has 1 saturated carbocycles. The second-order valence-corrected chi connectivity index (χ2v) is 11.2. The van der Waals surface area contributed by atoms with Crippen LogP contribution < -0.4 is 15.6 Å². The van der Waals surface area contributed by atoms with Gasteiger partial charge in [-0.15, -0.1) is 0 Å². The Labute approximate surface area is 226 Å². The minimum absolute atomic E-state index is 0.0913. The predicted octanol–water partition coefficient (Wildman–Crippen LogP) is 6.08. The average molecular weight is 521 g/mol. The number of H-pyrrole nitrogens is 2. The maximum absolute atomic E-state index is 13.0. The van der Waals surface area contributed by atoms with Gasteiger partial charge in [-0.25, -0.2) is 5.10 Å². The Morgan fingerprint density at radius 3 is 2.59 bits per heavy atom. The zero-order valence-corrected chi connectivity index (χ0v) is 22.2. The molecule has 1 amide bonds. The molecule has 1 atom stereocenters. The van der Waals surface area contributed by atoms with Crippen LogP contribution in [0.15, 0.2) is 83.7 Å². The van der Waals surface area contributed by atoms with Gasteiger partial charge >= 0.3 is 0 Å². The molecule has 6 rings (SSSR count). The molecule has 0 saturated heterocycles. The fourth-order valence-electron chi connectivity index (χ4n) is 6.07. The summed E-state index contributed by atoms with van der Waals surface area (Å²) in [6.45, 7) is 4.92. The lowest BCUT2D eigenvalue weighted by Gasteiger charge is -2.47. The lowest BCUT2D eigenvalue weighted by Crippen LogP contribution is -2.50. The third kappa shape index (κ3) is 5.17. The summed E-state index contributed by atoms with van der Waals surface area (Å²) in [4.78, 5) is 28.4. The van der Waals surface area contributed by atoms with Crippen molar-refractivity contribution in [1.29, 1.82) is 0 Å². The number of aromatic nitrogens is 3. The molecule has 1 aliphatic rings. The molecule has 7 nitrogen and oxygen atoms in total. The van der Waals surface area contributed by atoms with Gasteiger partial charge in [0.2, 0.25) is 0 Å². The van der Waals surface area contributed by atoms with Crippen molar-refractivity contribution in [2.24, 2.45) is 5.41 Å². The number of amides is 1. The lowest BCUT2D eigenvalue weighted by molar-refractivity contribution is 0.0674. The first kappa shape index (κ1) is 24.9. The highest BCUT2D eigenvalue weighted by molar-refractivity contribution is 5.98. The first-order chi connectivity index (χ1) is 18.9. The van der Waals surface area contributed by atoms with E-state index in [4.69, 9.17) is 4.74 Å². The van der Waals surface area contributed by atoms with Gasteiger partial charge in [0, 0.05) is 28.2 Å². The predicted molar refractivity (Wildman–Crippen MR) is 153 cm³/mol. The molecule has 39 heavy (non-hydrogen) atoms. The van der Waals surface area contributed by atoms with Crippen LogP contribution in [0.3, 0.4) is 0 Å². The smallest absolute Gasteiger partial charge is 0.272 e. The van der Waals surface area contributed by atoms with Crippen LogP contribution in [0.25, 0.3) is 21.7 Å². The molecule has 3 N–H and O–H groups in total. The van der Waals surface area contributed by atoms with Crippen LogP contribution in [-0.4, -0.2) is 27.1 Å². The number of hydrogen-bond acceptors (Lipinski definition) is 4. The first-order valence-corrected chi connectivity index (χ1v) is 13.4. The van der Waals surface area contributed by atoms with E-state index in [1.54, 1.807) is 0 Å². The van der Waals surface area contributed by atoms with Crippen molar-refractivity contribution in [3.05, 3.63) is 106 Å². The molecule has 0 bridgehead atoms. The molecular formula is C32H32N4O3. The third-order valence-electron chi connectivity index (χ3n) is 7.89. The maximum atomic E-state index is 13.0. The number of benzene rings is 3. The van der Waals surface area contributed by atoms with E-state index in [0.29, 0.717) is 17.7 Å². The second-order valence-electron chi connectivity index (χ2n) is 11.2. The summed E-state index contributed by atoms with van der Waals surface area (Å²) in [5.74, 6) is 0.859. The van der Waals surface area contributed by atoms with Crippen LogP contribution in [0.1, 0.15) is 60.8 Å². The highest BCUT2D eigenvalue weighted by atomic mass is 16.5. The minimum Gasteiger partial charge on any atom is -0.489 e. The Morgan fingerprint density at radius 2 is 1.79 bits per heavy atom. The molecule has 198 valence electrons. The van der Waals surface area contributed by atoms with E-state index in [-0.39, 0.29) is 28.8 Å². The van der Waals surface area contributed by atoms with Gasteiger partial charge in [-0.1, -0.05) is 62.4 Å². The molecule has 3 aromatic carbocycles. The van der Waals surface area contributed by atoms with Crippen molar-refractivity contribution in [2.75, 3.05) is 0 Å². The van der Waals surface area contributed by atoms with Crippen LogP contribution in [0.5, 0.6) is 5.75 Å². The molecule has 0 aliphatic heterocycles. The third-order valence-corrected chi connectivity index (χ3v) is 7.89. The van der Waals surface area contributed by atoms with E-state index >= 15 is 0 Å². The molecule has 2 heterocycles. The fraction of sp³-hybridized carbons (Fsp3) is 0.281.